The molecule has 26 heavy (non-hydrogen) atoms. The van der Waals surface area contributed by atoms with Gasteiger partial charge < -0.3 is 20.2 Å². The number of nitrogens with zero attached hydrogens (tertiary/aromatic N) is 2. The summed E-state index contributed by atoms with van der Waals surface area (Å²) in [4.78, 5) is 39.1. The Morgan fingerprint density at radius 2 is 2.00 bits per heavy atom. The van der Waals surface area contributed by atoms with Gasteiger partial charge in [-0.3, -0.25) is 9.59 Å². The number of hydrogen-bond donors (Lipinski definition) is 2. The van der Waals surface area contributed by atoms with Gasteiger partial charge in [-0.1, -0.05) is 11.6 Å². The average Bonchev–Trinajstić information content (AvgIpc) is 2.84. The number of aliphatic carboxylic acids is 1. The molecule has 2 N–H and O–H groups in total. The van der Waals surface area contributed by atoms with E-state index in [1.165, 1.54) is 23.1 Å². The number of piperidine rings is 1. The molecule has 1 atom stereocenters. The van der Waals surface area contributed by atoms with Crippen LogP contribution in [0.25, 0.3) is 0 Å². The van der Waals surface area contributed by atoms with Gasteiger partial charge in [-0.05, 0) is 31.0 Å². The molecule has 9 heteroatoms. The highest BCUT2D eigenvalue weighted by Crippen LogP contribution is 2.42. The van der Waals surface area contributed by atoms with Crippen LogP contribution < -0.4 is 5.32 Å². The first-order valence-corrected chi connectivity index (χ1v) is 8.63. The molecule has 0 saturated carbocycles. The lowest BCUT2D eigenvalue weighted by atomic mass is 9.77. The van der Waals surface area contributed by atoms with E-state index in [4.69, 9.17) is 11.6 Å². The van der Waals surface area contributed by atoms with Crippen LogP contribution in [0.2, 0.25) is 5.02 Å². The number of likely N-dealkylation sites (tertiary alicyclic amines) is 2. The maximum absolute atomic E-state index is 13.2. The van der Waals surface area contributed by atoms with E-state index in [2.05, 4.69) is 5.32 Å². The normalized spacial score (nSPS) is 22.0. The molecule has 2 aliphatic rings. The fourth-order valence-corrected chi connectivity index (χ4v) is 4.04. The van der Waals surface area contributed by atoms with Crippen LogP contribution >= 0.6 is 11.6 Å². The highest BCUT2D eigenvalue weighted by atomic mass is 35.5. The van der Waals surface area contributed by atoms with Crippen molar-refractivity contribution in [2.75, 3.05) is 25.5 Å². The van der Waals surface area contributed by atoms with Crippen LogP contribution in [0.15, 0.2) is 18.2 Å². The molecule has 1 unspecified atom stereocenters. The molecule has 0 aliphatic carbocycles. The summed E-state index contributed by atoms with van der Waals surface area (Å²) in [6.45, 7) is 0.643. The summed E-state index contributed by atoms with van der Waals surface area (Å²) in [7, 11) is 1.63. The van der Waals surface area contributed by atoms with Crippen LogP contribution in [-0.2, 0) is 9.59 Å². The number of urea groups is 1. The predicted octanol–water partition coefficient (Wildman–Crippen LogP) is 2.41. The number of amides is 3. The van der Waals surface area contributed by atoms with Gasteiger partial charge in [0, 0.05) is 32.2 Å². The van der Waals surface area contributed by atoms with Gasteiger partial charge >= 0.3 is 12.0 Å². The maximum Gasteiger partial charge on any atom is 0.321 e. The Balaban J connectivity index is 1.67. The number of anilines is 1. The van der Waals surface area contributed by atoms with E-state index in [-0.39, 0.29) is 23.4 Å². The van der Waals surface area contributed by atoms with Gasteiger partial charge in [0.25, 0.3) is 0 Å². The lowest BCUT2D eigenvalue weighted by Crippen LogP contribution is -2.57. The van der Waals surface area contributed by atoms with E-state index >= 15 is 0 Å². The molecule has 2 aliphatic heterocycles. The molecule has 2 heterocycles. The van der Waals surface area contributed by atoms with Crippen molar-refractivity contribution in [3.05, 3.63) is 29.0 Å². The Labute approximate surface area is 154 Å². The third kappa shape index (κ3) is 3.09. The SMILES string of the molecule is CN1C(=O)CC(C(=O)O)C12CCN(C(=O)Nc1ccc(F)c(Cl)c1)CC2. The van der Waals surface area contributed by atoms with Gasteiger partial charge in [-0.15, -0.1) is 0 Å². The minimum Gasteiger partial charge on any atom is -0.481 e. The van der Waals surface area contributed by atoms with Crippen molar-refractivity contribution in [2.45, 2.75) is 24.8 Å². The van der Waals surface area contributed by atoms with E-state index in [1.54, 1.807) is 11.9 Å². The van der Waals surface area contributed by atoms with Crippen LogP contribution in [0.5, 0.6) is 0 Å². The van der Waals surface area contributed by atoms with Gasteiger partial charge in [0.05, 0.1) is 16.5 Å². The molecule has 0 bridgehead atoms. The van der Waals surface area contributed by atoms with Crippen LogP contribution in [-0.4, -0.2) is 58.5 Å². The minimum atomic E-state index is -0.985. The van der Waals surface area contributed by atoms with Crippen LogP contribution in [0.1, 0.15) is 19.3 Å². The predicted molar refractivity (Wildman–Crippen MR) is 92.5 cm³/mol. The molecule has 1 aromatic rings. The molecule has 3 amide bonds. The average molecular weight is 384 g/mol. The summed E-state index contributed by atoms with van der Waals surface area (Å²) in [6, 6.07) is 3.53. The zero-order valence-electron chi connectivity index (χ0n) is 14.2. The molecule has 0 radical (unpaired) electrons. The first kappa shape index (κ1) is 18.4. The summed E-state index contributed by atoms with van der Waals surface area (Å²) in [5.41, 5.74) is -0.378. The lowest BCUT2D eigenvalue weighted by molar-refractivity contribution is -0.145. The molecule has 2 fully saturated rings. The third-order valence-corrected chi connectivity index (χ3v) is 5.74. The Bertz CT molecular complexity index is 764. The third-order valence-electron chi connectivity index (χ3n) is 5.45. The Morgan fingerprint density at radius 3 is 2.58 bits per heavy atom. The van der Waals surface area contributed by atoms with E-state index in [1.807, 2.05) is 0 Å². The monoisotopic (exact) mass is 383 g/mol. The second kappa shape index (κ2) is 6.75. The lowest BCUT2D eigenvalue weighted by Gasteiger charge is -2.45. The highest BCUT2D eigenvalue weighted by molar-refractivity contribution is 6.31. The number of halogens is 2. The number of carboxylic acids is 1. The Hall–Kier alpha value is -2.35. The standard InChI is InChI=1S/C17H19ClFN3O4/c1-21-14(23)9-11(15(24)25)17(21)4-6-22(7-5-17)16(26)20-10-2-3-13(19)12(18)8-10/h2-3,8,11H,4-7,9H2,1H3,(H,20,26)(H,24,25). The fraction of sp³-hybridized carbons (Fsp3) is 0.471. The Kier molecular flexibility index (Phi) is 4.79. The van der Waals surface area contributed by atoms with Gasteiger partial charge in [0.15, 0.2) is 0 Å². The van der Waals surface area contributed by atoms with Gasteiger partial charge in [0.2, 0.25) is 5.91 Å². The summed E-state index contributed by atoms with van der Waals surface area (Å²) in [5.74, 6) is -2.50. The summed E-state index contributed by atoms with van der Waals surface area (Å²) in [6.07, 6.45) is 0.777. The largest absolute Gasteiger partial charge is 0.481 e. The smallest absolute Gasteiger partial charge is 0.321 e. The van der Waals surface area contributed by atoms with E-state index < -0.39 is 23.2 Å². The van der Waals surface area contributed by atoms with Gasteiger partial charge in [-0.25, -0.2) is 9.18 Å². The van der Waals surface area contributed by atoms with Crippen molar-refractivity contribution in [3.8, 4) is 0 Å². The molecule has 7 nitrogen and oxygen atoms in total. The number of carboxylic acid groups (broad SMARTS) is 1. The van der Waals surface area contributed by atoms with Crippen LogP contribution in [0, 0.1) is 11.7 Å². The van der Waals surface area contributed by atoms with Crippen molar-refractivity contribution in [1.82, 2.24) is 9.80 Å². The number of benzene rings is 1. The van der Waals surface area contributed by atoms with Crippen molar-refractivity contribution in [2.24, 2.45) is 5.92 Å². The van der Waals surface area contributed by atoms with E-state index in [0.717, 1.165) is 0 Å². The van der Waals surface area contributed by atoms with Crippen LogP contribution in [0.4, 0.5) is 14.9 Å². The molecule has 3 rings (SSSR count). The zero-order valence-corrected chi connectivity index (χ0v) is 14.9. The van der Waals surface area contributed by atoms with Crippen molar-refractivity contribution < 1.29 is 23.9 Å². The molecular formula is C17H19ClFN3O4. The molecule has 1 aromatic carbocycles. The molecule has 0 aromatic heterocycles. The molecule has 2 saturated heterocycles. The molecule has 1 spiro atoms. The maximum atomic E-state index is 13.2. The quantitative estimate of drug-likeness (QED) is 0.820. The van der Waals surface area contributed by atoms with Crippen molar-refractivity contribution >= 4 is 35.2 Å². The number of carbonyl (C=O) groups is 3. The van der Waals surface area contributed by atoms with E-state index in [9.17, 15) is 23.9 Å². The minimum absolute atomic E-state index is 0.00783. The highest BCUT2D eigenvalue weighted by Gasteiger charge is 2.55. The number of rotatable bonds is 2. The fourth-order valence-electron chi connectivity index (χ4n) is 3.86. The first-order valence-electron chi connectivity index (χ1n) is 8.25. The second-order valence-electron chi connectivity index (χ2n) is 6.70. The van der Waals surface area contributed by atoms with Crippen LogP contribution in [0.3, 0.4) is 0 Å². The number of carbonyl (C=O) groups excluding carboxylic acids is 2. The zero-order chi connectivity index (χ0) is 19.1. The van der Waals surface area contributed by atoms with E-state index in [0.29, 0.717) is 31.6 Å². The van der Waals surface area contributed by atoms with Gasteiger partial charge in [0.1, 0.15) is 5.82 Å². The Morgan fingerprint density at radius 1 is 1.35 bits per heavy atom. The molecular weight excluding hydrogens is 365 g/mol. The summed E-state index contributed by atoms with van der Waals surface area (Å²) < 4.78 is 13.2. The van der Waals surface area contributed by atoms with Crippen molar-refractivity contribution in [1.29, 1.82) is 0 Å². The summed E-state index contributed by atoms with van der Waals surface area (Å²) >= 11 is 5.71. The van der Waals surface area contributed by atoms with Crippen molar-refractivity contribution in [3.63, 3.8) is 0 Å². The van der Waals surface area contributed by atoms with Gasteiger partial charge in [-0.2, -0.15) is 0 Å². The first-order chi connectivity index (χ1) is 12.2. The number of nitrogens with one attached hydrogen (secondary N) is 1. The topological polar surface area (TPSA) is 90.0 Å². The molecule has 140 valence electrons. The summed E-state index contributed by atoms with van der Waals surface area (Å²) in [5, 5.41) is 12.0. The number of hydrogen-bond acceptors (Lipinski definition) is 3. The second-order valence-corrected chi connectivity index (χ2v) is 7.10.